The number of amides is 2. The molecule has 17 heavy (non-hydrogen) atoms. The Morgan fingerprint density at radius 2 is 2.18 bits per heavy atom. The number of fused-ring (bicyclic) bond motifs is 1. The van der Waals surface area contributed by atoms with E-state index in [1.54, 1.807) is 12.1 Å². The highest BCUT2D eigenvalue weighted by molar-refractivity contribution is 7.22. The van der Waals surface area contributed by atoms with Crippen molar-refractivity contribution in [2.24, 2.45) is 5.84 Å². The Morgan fingerprint density at radius 1 is 1.41 bits per heavy atom. The van der Waals surface area contributed by atoms with Crippen LogP contribution in [-0.2, 0) is 0 Å². The van der Waals surface area contributed by atoms with Gasteiger partial charge < -0.3 is 0 Å². The summed E-state index contributed by atoms with van der Waals surface area (Å²) in [5.41, 5.74) is 1.95. The fourth-order valence-electron chi connectivity index (χ4n) is 1.35. The van der Waals surface area contributed by atoms with Gasteiger partial charge in [-0.25, -0.2) is 10.6 Å². The quantitative estimate of drug-likeness (QED) is 0.327. The van der Waals surface area contributed by atoms with Gasteiger partial charge >= 0.3 is 6.03 Å². The van der Waals surface area contributed by atoms with Crippen molar-refractivity contribution in [2.45, 2.75) is 0 Å². The van der Waals surface area contributed by atoms with Crippen LogP contribution in [0.1, 0.15) is 0 Å². The standard InChI is InChI=1S/C9H8N4O3S/c10-12-9(14)11-8-4-5-3-6(13(15)16)1-2-7(5)17-8/h1-4H,10H2,(H2,11,12,14). The normalized spacial score (nSPS) is 10.2. The van der Waals surface area contributed by atoms with Crippen molar-refractivity contribution in [2.75, 3.05) is 5.32 Å². The summed E-state index contributed by atoms with van der Waals surface area (Å²) < 4.78 is 0.850. The molecule has 0 saturated heterocycles. The number of nitro groups is 1. The number of nitrogens with zero attached hydrogens (tertiary/aromatic N) is 1. The molecule has 4 N–H and O–H groups in total. The van der Waals surface area contributed by atoms with Crippen molar-refractivity contribution >= 4 is 38.1 Å². The number of nitrogens with one attached hydrogen (secondary N) is 2. The molecule has 0 fully saturated rings. The minimum atomic E-state index is -0.536. The molecule has 0 aliphatic carbocycles. The molecule has 0 aliphatic heterocycles. The van der Waals surface area contributed by atoms with Crippen LogP contribution in [0.15, 0.2) is 24.3 Å². The second-order valence-corrected chi connectivity index (χ2v) is 4.27. The van der Waals surface area contributed by atoms with Gasteiger partial charge in [-0.1, -0.05) is 0 Å². The lowest BCUT2D eigenvalue weighted by molar-refractivity contribution is -0.384. The summed E-state index contributed by atoms with van der Waals surface area (Å²) in [6, 6.07) is 5.64. The Hall–Kier alpha value is -2.19. The van der Waals surface area contributed by atoms with Crippen LogP contribution < -0.4 is 16.6 Å². The Balaban J connectivity index is 2.37. The maximum atomic E-state index is 11.0. The molecule has 1 aromatic carbocycles. The number of hydrogen-bond acceptors (Lipinski definition) is 5. The third-order valence-corrected chi connectivity index (χ3v) is 3.11. The van der Waals surface area contributed by atoms with E-state index in [-0.39, 0.29) is 5.69 Å². The zero-order valence-electron chi connectivity index (χ0n) is 8.47. The van der Waals surface area contributed by atoms with Crippen molar-refractivity contribution < 1.29 is 9.72 Å². The van der Waals surface area contributed by atoms with Crippen molar-refractivity contribution in [3.63, 3.8) is 0 Å². The van der Waals surface area contributed by atoms with Gasteiger partial charge in [0, 0.05) is 22.2 Å². The number of hydrogen-bond donors (Lipinski definition) is 3. The third kappa shape index (κ3) is 2.32. The second-order valence-electron chi connectivity index (χ2n) is 3.19. The largest absolute Gasteiger partial charge is 0.333 e. The molecule has 0 saturated carbocycles. The molecule has 0 spiro atoms. The lowest BCUT2D eigenvalue weighted by Gasteiger charge is -1.98. The van der Waals surface area contributed by atoms with E-state index in [1.165, 1.54) is 23.5 Å². The lowest BCUT2D eigenvalue weighted by atomic mass is 10.2. The molecule has 7 nitrogen and oxygen atoms in total. The first-order chi connectivity index (χ1) is 8.10. The highest BCUT2D eigenvalue weighted by Crippen LogP contribution is 2.31. The van der Waals surface area contributed by atoms with Gasteiger partial charge in [-0.15, -0.1) is 11.3 Å². The molecular weight excluding hydrogens is 244 g/mol. The number of thiophene rings is 1. The number of carbonyl (C=O) groups excluding carboxylic acids is 1. The highest BCUT2D eigenvalue weighted by Gasteiger charge is 2.09. The maximum Gasteiger partial charge on any atom is 0.333 e. The third-order valence-electron chi connectivity index (χ3n) is 2.08. The number of urea groups is 1. The van der Waals surface area contributed by atoms with E-state index in [0.717, 1.165) is 4.70 Å². The predicted molar refractivity (Wildman–Crippen MR) is 64.8 cm³/mol. The average molecular weight is 252 g/mol. The zero-order chi connectivity index (χ0) is 12.4. The predicted octanol–water partition coefficient (Wildman–Crippen LogP) is 1.80. The average Bonchev–Trinajstić information content (AvgIpc) is 2.69. The molecule has 0 atom stereocenters. The fourth-order valence-corrected chi connectivity index (χ4v) is 2.29. The van der Waals surface area contributed by atoms with Crippen LogP contribution in [0.4, 0.5) is 15.5 Å². The number of anilines is 1. The molecule has 2 rings (SSSR count). The summed E-state index contributed by atoms with van der Waals surface area (Å²) in [6.07, 6.45) is 0. The summed E-state index contributed by atoms with van der Waals surface area (Å²) in [4.78, 5) is 21.1. The van der Waals surface area contributed by atoms with Crippen molar-refractivity contribution in [1.82, 2.24) is 5.43 Å². The van der Waals surface area contributed by atoms with Gasteiger partial charge in [0.2, 0.25) is 0 Å². The van der Waals surface area contributed by atoms with E-state index in [9.17, 15) is 14.9 Å². The van der Waals surface area contributed by atoms with Crippen LogP contribution in [0, 0.1) is 10.1 Å². The van der Waals surface area contributed by atoms with Gasteiger partial charge in [-0.05, 0) is 12.1 Å². The lowest BCUT2D eigenvalue weighted by Crippen LogP contribution is -2.34. The first-order valence-corrected chi connectivity index (χ1v) is 5.37. The molecule has 8 heteroatoms. The minimum absolute atomic E-state index is 0.0186. The van der Waals surface area contributed by atoms with Gasteiger partial charge in [-0.2, -0.15) is 0 Å². The highest BCUT2D eigenvalue weighted by atomic mass is 32.1. The van der Waals surface area contributed by atoms with Crippen LogP contribution in [0.3, 0.4) is 0 Å². The number of nitrogens with two attached hydrogens (primary N) is 1. The van der Waals surface area contributed by atoms with Gasteiger partial charge in [0.25, 0.3) is 5.69 Å². The van der Waals surface area contributed by atoms with Crippen LogP contribution in [-0.4, -0.2) is 11.0 Å². The molecular formula is C9H8N4O3S. The molecule has 0 bridgehead atoms. The molecule has 0 aliphatic rings. The molecule has 2 amide bonds. The minimum Gasteiger partial charge on any atom is -0.298 e. The molecule has 1 heterocycles. The second kappa shape index (κ2) is 4.36. The Labute approximate surface area is 99.3 Å². The maximum absolute atomic E-state index is 11.0. The molecule has 0 radical (unpaired) electrons. The Kier molecular flexibility index (Phi) is 2.90. The van der Waals surface area contributed by atoms with Crippen LogP contribution in [0.2, 0.25) is 0 Å². The van der Waals surface area contributed by atoms with Crippen LogP contribution in [0.25, 0.3) is 10.1 Å². The number of hydrazine groups is 1. The van der Waals surface area contributed by atoms with Crippen molar-refractivity contribution in [1.29, 1.82) is 0 Å². The van der Waals surface area contributed by atoms with Crippen molar-refractivity contribution in [3.05, 3.63) is 34.4 Å². The Bertz CT molecular complexity index is 595. The summed E-state index contributed by atoms with van der Waals surface area (Å²) in [6.45, 7) is 0. The summed E-state index contributed by atoms with van der Waals surface area (Å²) >= 11 is 1.31. The van der Waals surface area contributed by atoms with Crippen LogP contribution in [0.5, 0.6) is 0 Å². The van der Waals surface area contributed by atoms with E-state index in [1.807, 2.05) is 5.43 Å². The number of benzene rings is 1. The fraction of sp³-hybridized carbons (Fsp3) is 0. The molecule has 2 aromatic rings. The number of nitro benzene ring substituents is 1. The number of carbonyl (C=O) groups is 1. The molecule has 0 unspecified atom stereocenters. The molecule has 88 valence electrons. The van der Waals surface area contributed by atoms with E-state index in [4.69, 9.17) is 5.84 Å². The van der Waals surface area contributed by atoms with E-state index in [2.05, 4.69) is 5.32 Å². The van der Waals surface area contributed by atoms with Gasteiger partial charge in [-0.3, -0.25) is 20.9 Å². The van der Waals surface area contributed by atoms with Gasteiger partial charge in [0.1, 0.15) is 0 Å². The van der Waals surface area contributed by atoms with Gasteiger partial charge in [0.15, 0.2) is 0 Å². The first-order valence-electron chi connectivity index (χ1n) is 4.56. The first kappa shape index (κ1) is 11.3. The zero-order valence-corrected chi connectivity index (χ0v) is 9.28. The van der Waals surface area contributed by atoms with Crippen molar-refractivity contribution in [3.8, 4) is 0 Å². The SMILES string of the molecule is NNC(=O)Nc1cc2cc([N+](=O)[O-])ccc2s1. The van der Waals surface area contributed by atoms with E-state index >= 15 is 0 Å². The monoisotopic (exact) mass is 252 g/mol. The Morgan fingerprint density at radius 3 is 2.82 bits per heavy atom. The summed E-state index contributed by atoms with van der Waals surface area (Å²) in [5, 5.41) is 14.4. The topological polar surface area (TPSA) is 110 Å². The van der Waals surface area contributed by atoms with Gasteiger partial charge in [0.05, 0.1) is 9.92 Å². The summed E-state index contributed by atoms with van der Waals surface area (Å²) in [5.74, 6) is 4.93. The van der Waals surface area contributed by atoms with E-state index in [0.29, 0.717) is 10.4 Å². The smallest absolute Gasteiger partial charge is 0.298 e. The molecule has 1 aromatic heterocycles. The van der Waals surface area contributed by atoms with E-state index < -0.39 is 11.0 Å². The van der Waals surface area contributed by atoms with Crippen LogP contribution >= 0.6 is 11.3 Å². The summed E-state index contributed by atoms with van der Waals surface area (Å²) in [7, 11) is 0. The number of non-ortho nitro benzene ring substituents is 1. The number of rotatable bonds is 2.